The second-order valence-electron chi connectivity index (χ2n) is 8.85. The molecular formula is C27H26Cl2N2O. The topological polar surface area (TPSA) is 41.1 Å². The molecule has 3 aromatic rings. The van der Waals surface area contributed by atoms with Crippen LogP contribution >= 0.6 is 23.2 Å². The fourth-order valence-corrected chi connectivity index (χ4v) is 6.19. The molecule has 0 aromatic heterocycles. The zero-order valence-corrected chi connectivity index (χ0v) is 19.2. The molecule has 5 rings (SSSR count). The van der Waals surface area contributed by atoms with Crippen molar-refractivity contribution in [3.63, 3.8) is 0 Å². The van der Waals surface area contributed by atoms with Gasteiger partial charge in [0.15, 0.2) is 0 Å². The molecule has 3 unspecified atom stereocenters. The van der Waals surface area contributed by atoms with Crippen molar-refractivity contribution in [1.29, 1.82) is 0 Å². The third-order valence-corrected chi connectivity index (χ3v) is 7.72. The lowest BCUT2D eigenvalue weighted by Crippen LogP contribution is -2.53. The number of para-hydroxylation sites is 1. The first-order chi connectivity index (χ1) is 15.6. The van der Waals surface area contributed by atoms with Crippen LogP contribution in [0, 0.1) is 11.8 Å². The van der Waals surface area contributed by atoms with Gasteiger partial charge in [-0.3, -0.25) is 4.79 Å². The molecule has 1 aliphatic carbocycles. The fourth-order valence-electron chi connectivity index (χ4n) is 5.68. The van der Waals surface area contributed by atoms with Crippen LogP contribution in [-0.2, 0) is 4.79 Å². The Labute approximate surface area is 199 Å². The Morgan fingerprint density at radius 2 is 1.44 bits per heavy atom. The summed E-state index contributed by atoms with van der Waals surface area (Å²) in [6.45, 7) is 0. The number of carbonyl (C=O) groups is 1. The number of hydrogen-bond acceptors (Lipinski definition) is 2. The molecule has 1 heterocycles. The van der Waals surface area contributed by atoms with Gasteiger partial charge in [0.05, 0.1) is 6.04 Å². The van der Waals surface area contributed by atoms with Crippen LogP contribution in [0.2, 0.25) is 10.0 Å². The van der Waals surface area contributed by atoms with Gasteiger partial charge in [-0.05, 0) is 66.5 Å². The Kier molecular flexibility index (Phi) is 6.23. The summed E-state index contributed by atoms with van der Waals surface area (Å²) in [5, 5.41) is 8.27. The number of nitrogens with one attached hydrogen (secondary N) is 2. The molecule has 0 radical (unpaired) electrons. The van der Waals surface area contributed by atoms with Crippen molar-refractivity contribution < 1.29 is 4.79 Å². The molecule has 0 spiro atoms. The van der Waals surface area contributed by atoms with Crippen molar-refractivity contribution in [3.05, 3.63) is 100 Å². The Morgan fingerprint density at radius 3 is 2.03 bits per heavy atom. The van der Waals surface area contributed by atoms with Gasteiger partial charge in [-0.1, -0.05) is 77.8 Å². The molecule has 3 aromatic carbocycles. The normalized spacial score (nSPS) is 24.5. The molecule has 2 aliphatic rings. The number of benzene rings is 3. The van der Waals surface area contributed by atoms with Crippen LogP contribution in [0.4, 0.5) is 5.69 Å². The minimum Gasteiger partial charge on any atom is -0.325 e. The molecule has 4 atom stereocenters. The largest absolute Gasteiger partial charge is 0.325 e. The highest BCUT2D eigenvalue weighted by Gasteiger charge is 2.48. The van der Waals surface area contributed by atoms with Crippen LogP contribution in [-0.4, -0.2) is 18.0 Å². The van der Waals surface area contributed by atoms with Crippen molar-refractivity contribution in [2.24, 2.45) is 11.8 Å². The van der Waals surface area contributed by atoms with E-state index in [1.807, 2.05) is 66.7 Å². The molecule has 164 valence electrons. The second-order valence-corrected chi connectivity index (χ2v) is 9.67. The predicted octanol–water partition coefficient (Wildman–Crippen LogP) is 6.52. The number of piperidine rings is 1. The average molecular weight is 465 g/mol. The third-order valence-electron chi connectivity index (χ3n) is 7.03. The predicted molar refractivity (Wildman–Crippen MR) is 131 cm³/mol. The van der Waals surface area contributed by atoms with E-state index in [1.165, 1.54) is 0 Å². The quantitative estimate of drug-likeness (QED) is 0.450. The SMILES string of the molecule is O=C(Nc1ccccc1)[C@@H]1CC2CCC(N1)C2C(c1ccccc1Cl)c1ccccc1Cl. The van der Waals surface area contributed by atoms with Gasteiger partial charge in [-0.15, -0.1) is 0 Å². The Bertz CT molecular complexity index is 1040. The van der Waals surface area contributed by atoms with Crippen molar-refractivity contribution in [2.45, 2.75) is 37.3 Å². The number of anilines is 1. The molecule has 1 saturated carbocycles. The Hall–Kier alpha value is -2.33. The lowest BCUT2D eigenvalue weighted by molar-refractivity contribution is -0.119. The summed E-state index contributed by atoms with van der Waals surface area (Å²) in [4.78, 5) is 13.0. The standard InChI is InChI=1S/C27H26Cl2N2O/c28-21-12-6-4-10-19(21)26(20-11-5-7-13-22(20)29)25-17-14-15-23(25)31-24(16-17)27(32)30-18-8-2-1-3-9-18/h1-13,17,23-26,31H,14-16H2,(H,30,32)/t17?,23?,24-,25?/m0/s1. The van der Waals surface area contributed by atoms with E-state index in [9.17, 15) is 4.79 Å². The fraction of sp³-hybridized carbons (Fsp3) is 0.296. The van der Waals surface area contributed by atoms with Gasteiger partial charge in [0.25, 0.3) is 0 Å². The average Bonchev–Trinajstić information content (AvgIpc) is 3.05. The summed E-state index contributed by atoms with van der Waals surface area (Å²) in [6, 6.07) is 25.8. The summed E-state index contributed by atoms with van der Waals surface area (Å²) in [5.74, 6) is 0.875. The van der Waals surface area contributed by atoms with Gasteiger partial charge in [0.2, 0.25) is 5.91 Å². The maximum Gasteiger partial charge on any atom is 0.241 e. The molecule has 2 N–H and O–H groups in total. The summed E-state index contributed by atoms with van der Waals surface area (Å²) in [6.07, 6.45) is 2.96. The van der Waals surface area contributed by atoms with Crippen LogP contribution in [0.3, 0.4) is 0 Å². The van der Waals surface area contributed by atoms with Crippen molar-refractivity contribution in [3.8, 4) is 0 Å². The van der Waals surface area contributed by atoms with E-state index in [2.05, 4.69) is 22.8 Å². The first kappa shape index (κ1) is 21.5. The molecule has 3 nitrogen and oxygen atoms in total. The highest BCUT2D eigenvalue weighted by atomic mass is 35.5. The maximum atomic E-state index is 13.0. The van der Waals surface area contributed by atoms with Crippen molar-refractivity contribution >= 4 is 34.8 Å². The first-order valence-corrected chi connectivity index (χ1v) is 12.0. The van der Waals surface area contributed by atoms with Crippen LogP contribution in [0.25, 0.3) is 0 Å². The zero-order chi connectivity index (χ0) is 22.1. The highest BCUT2D eigenvalue weighted by Crippen LogP contribution is 2.51. The monoisotopic (exact) mass is 464 g/mol. The van der Waals surface area contributed by atoms with Crippen LogP contribution in [0.1, 0.15) is 36.3 Å². The maximum absolute atomic E-state index is 13.0. The van der Waals surface area contributed by atoms with E-state index in [-0.39, 0.29) is 23.9 Å². The van der Waals surface area contributed by atoms with Crippen molar-refractivity contribution in [2.75, 3.05) is 5.32 Å². The van der Waals surface area contributed by atoms with E-state index in [0.29, 0.717) is 11.8 Å². The number of rotatable bonds is 5. The van der Waals surface area contributed by atoms with E-state index >= 15 is 0 Å². The molecular weight excluding hydrogens is 439 g/mol. The number of amides is 1. The smallest absolute Gasteiger partial charge is 0.241 e. The van der Waals surface area contributed by atoms with Gasteiger partial charge in [-0.2, -0.15) is 0 Å². The van der Waals surface area contributed by atoms with Gasteiger partial charge < -0.3 is 10.6 Å². The highest BCUT2D eigenvalue weighted by molar-refractivity contribution is 6.32. The molecule has 1 aliphatic heterocycles. The summed E-state index contributed by atoms with van der Waals surface area (Å²) in [7, 11) is 0. The minimum atomic E-state index is -0.193. The third kappa shape index (κ3) is 4.17. The first-order valence-electron chi connectivity index (χ1n) is 11.2. The van der Waals surface area contributed by atoms with Gasteiger partial charge in [0.1, 0.15) is 0 Å². The molecule has 2 fully saturated rings. The van der Waals surface area contributed by atoms with Gasteiger partial charge in [0, 0.05) is 27.7 Å². The summed E-state index contributed by atoms with van der Waals surface area (Å²) < 4.78 is 0. The van der Waals surface area contributed by atoms with Gasteiger partial charge in [-0.25, -0.2) is 0 Å². The molecule has 32 heavy (non-hydrogen) atoms. The van der Waals surface area contributed by atoms with Gasteiger partial charge >= 0.3 is 0 Å². The van der Waals surface area contributed by atoms with E-state index in [1.54, 1.807) is 0 Å². The zero-order valence-electron chi connectivity index (χ0n) is 17.7. The number of halogens is 2. The molecule has 2 bridgehead atoms. The Morgan fingerprint density at radius 1 is 0.844 bits per heavy atom. The Balaban J connectivity index is 1.44. The summed E-state index contributed by atoms with van der Waals surface area (Å²) >= 11 is 13.4. The van der Waals surface area contributed by atoms with E-state index < -0.39 is 0 Å². The molecule has 1 saturated heterocycles. The number of hydrogen-bond donors (Lipinski definition) is 2. The van der Waals surface area contributed by atoms with Crippen LogP contribution < -0.4 is 10.6 Å². The lowest BCUT2D eigenvalue weighted by Gasteiger charge is -2.41. The molecule has 5 heteroatoms. The van der Waals surface area contributed by atoms with Crippen LogP contribution in [0.5, 0.6) is 0 Å². The summed E-state index contributed by atoms with van der Waals surface area (Å²) in [5.41, 5.74) is 3.05. The minimum absolute atomic E-state index is 0.0404. The van der Waals surface area contributed by atoms with Crippen LogP contribution in [0.15, 0.2) is 78.9 Å². The number of fused-ring (bicyclic) bond motifs is 2. The molecule has 1 amide bonds. The van der Waals surface area contributed by atoms with E-state index in [4.69, 9.17) is 23.2 Å². The lowest BCUT2D eigenvalue weighted by atomic mass is 9.70. The van der Waals surface area contributed by atoms with E-state index in [0.717, 1.165) is 46.1 Å². The second kappa shape index (κ2) is 9.27. The number of carbonyl (C=O) groups excluding carboxylic acids is 1. The van der Waals surface area contributed by atoms with Crippen molar-refractivity contribution in [1.82, 2.24) is 5.32 Å².